The maximum atomic E-state index is 9.38. The summed E-state index contributed by atoms with van der Waals surface area (Å²) in [5, 5.41) is 9.38. The van der Waals surface area contributed by atoms with Crippen molar-refractivity contribution in [2.45, 2.75) is 19.9 Å². The predicted molar refractivity (Wildman–Crippen MR) is 45.4 cm³/mol. The number of aromatic hydroxyl groups is 1. The second-order valence-electron chi connectivity index (χ2n) is 2.85. The van der Waals surface area contributed by atoms with E-state index in [0.717, 1.165) is 11.1 Å². The standard InChI is InChI=1S/C9H13NO/c1-6-3-4-8(7(2)10)9(11)5-6/h3-5,7,11H,10H2,1-2H3/t7-/m1/s1. The maximum Gasteiger partial charge on any atom is 0.120 e. The summed E-state index contributed by atoms with van der Waals surface area (Å²) < 4.78 is 0. The van der Waals surface area contributed by atoms with Gasteiger partial charge in [0.05, 0.1) is 0 Å². The summed E-state index contributed by atoms with van der Waals surface area (Å²) in [6, 6.07) is 5.42. The number of nitrogens with two attached hydrogens (primary N) is 1. The minimum absolute atomic E-state index is 0.101. The first-order valence-electron chi connectivity index (χ1n) is 3.66. The first-order chi connectivity index (χ1) is 5.11. The molecule has 0 heterocycles. The number of phenols is 1. The van der Waals surface area contributed by atoms with Gasteiger partial charge in [0.15, 0.2) is 0 Å². The van der Waals surface area contributed by atoms with Gasteiger partial charge in [-0.25, -0.2) is 0 Å². The van der Waals surface area contributed by atoms with Gasteiger partial charge in [0.2, 0.25) is 0 Å². The van der Waals surface area contributed by atoms with Crippen LogP contribution in [0.2, 0.25) is 0 Å². The van der Waals surface area contributed by atoms with E-state index in [1.54, 1.807) is 6.07 Å². The third-order valence-corrected chi connectivity index (χ3v) is 1.68. The molecule has 0 aromatic heterocycles. The fourth-order valence-corrected chi connectivity index (χ4v) is 1.04. The van der Waals surface area contributed by atoms with Gasteiger partial charge in [-0.1, -0.05) is 12.1 Å². The van der Waals surface area contributed by atoms with Crippen molar-refractivity contribution in [3.8, 4) is 5.75 Å². The molecular weight excluding hydrogens is 138 g/mol. The third-order valence-electron chi connectivity index (χ3n) is 1.68. The molecule has 0 saturated carbocycles. The Morgan fingerprint density at radius 1 is 1.45 bits per heavy atom. The van der Waals surface area contributed by atoms with Crippen molar-refractivity contribution in [1.82, 2.24) is 0 Å². The van der Waals surface area contributed by atoms with Crippen molar-refractivity contribution in [1.29, 1.82) is 0 Å². The lowest BCUT2D eigenvalue weighted by Gasteiger charge is -2.07. The van der Waals surface area contributed by atoms with Crippen LogP contribution < -0.4 is 5.73 Å². The molecule has 60 valence electrons. The van der Waals surface area contributed by atoms with Crippen LogP contribution in [0.4, 0.5) is 0 Å². The predicted octanol–water partition coefficient (Wildman–Crippen LogP) is 1.72. The molecule has 0 aliphatic heterocycles. The summed E-state index contributed by atoms with van der Waals surface area (Å²) in [4.78, 5) is 0. The van der Waals surface area contributed by atoms with Gasteiger partial charge in [0.25, 0.3) is 0 Å². The van der Waals surface area contributed by atoms with E-state index in [1.165, 1.54) is 0 Å². The number of benzene rings is 1. The molecule has 1 atom stereocenters. The normalized spacial score (nSPS) is 13.0. The minimum atomic E-state index is -0.101. The zero-order chi connectivity index (χ0) is 8.43. The van der Waals surface area contributed by atoms with Crippen LogP contribution in [0.5, 0.6) is 5.75 Å². The molecule has 0 amide bonds. The first-order valence-corrected chi connectivity index (χ1v) is 3.66. The molecule has 11 heavy (non-hydrogen) atoms. The molecule has 3 N–H and O–H groups in total. The molecule has 0 spiro atoms. The number of rotatable bonds is 1. The van der Waals surface area contributed by atoms with Gasteiger partial charge in [-0.3, -0.25) is 0 Å². The Morgan fingerprint density at radius 2 is 2.09 bits per heavy atom. The molecule has 0 unspecified atom stereocenters. The fourth-order valence-electron chi connectivity index (χ4n) is 1.04. The lowest BCUT2D eigenvalue weighted by molar-refractivity contribution is 0.463. The summed E-state index contributed by atoms with van der Waals surface area (Å²) in [5.74, 6) is 0.292. The van der Waals surface area contributed by atoms with E-state index >= 15 is 0 Å². The smallest absolute Gasteiger partial charge is 0.120 e. The Kier molecular flexibility index (Phi) is 2.15. The zero-order valence-electron chi connectivity index (χ0n) is 6.83. The van der Waals surface area contributed by atoms with E-state index in [0.29, 0.717) is 5.75 Å². The van der Waals surface area contributed by atoms with Gasteiger partial charge >= 0.3 is 0 Å². The maximum absolute atomic E-state index is 9.38. The monoisotopic (exact) mass is 151 g/mol. The summed E-state index contributed by atoms with van der Waals surface area (Å²) >= 11 is 0. The number of hydrogen-bond acceptors (Lipinski definition) is 2. The highest BCUT2D eigenvalue weighted by Gasteiger charge is 2.04. The molecule has 0 radical (unpaired) electrons. The van der Waals surface area contributed by atoms with Crippen molar-refractivity contribution >= 4 is 0 Å². The molecule has 0 bridgehead atoms. The highest BCUT2D eigenvalue weighted by atomic mass is 16.3. The lowest BCUT2D eigenvalue weighted by atomic mass is 10.1. The van der Waals surface area contributed by atoms with Crippen LogP contribution in [-0.2, 0) is 0 Å². The van der Waals surface area contributed by atoms with E-state index < -0.39 is 0 Å². The van der Waals surface area contributed by atoms with Crippen molar-refractivity contribution in [3.05, 3.63) is 29.3 Å². The molecule has 0 fully saturated rings. The first kappa shape index (κ1) is 8.08. The molecule has 2 nitrogen and oxygen atoms in total. The van der Waals surface area contributed by atoms with E-state index in [4.69, 9.17) is 5.73 Å². The van der Waals surface area contributed by atoms with E-state index in [2.05, 4.69) is 0 Å². The lowest BCUT2D eigenvalue weighted by Crippen LogP contribution is -2.04. The highest BCUT2D eigenvalue weighted by Crippen LogP contribution is 2.22. The summed E-state index contributed by atoms with van der Waals surface area (Å²) in [6.07, 6.45) is 0. The highest BCUT2D eigenvalue weighted by molar-refractivity contribution is 5.37. The minimum Gasteiger partial charge on any atom is -0.508 e. The van der Waals surface area contributed by atoms with E-state index in [9.17, 15) is 5.11 Å². The molecule has 2 heteroatoms. The van der Waals surface area contributed by atoms with Gasteiger partial charge in [-0.05, 0) is 25.5 Å². The Morgan fingerprint density at radius 3 is 2.55 bits per heavy atom. The van der Waals surface area contributed by atoms with Crippen molar-refractivity contribution < 1.29 is 5.11 Å². The van der Waals surface area contributed by atoms with Crippen LogP contribution in [-0.4, -0.2) is 5.11 Å². The van der Waals surface area contributed by atoms with Crippen LogP contribution in [0.25, 0.3) is 0 Å². The number of aryl methyl sites for hydroxylation is 1. The van der Waals surface area contributed by atoms with E-state index in [1.807, 2.05) is 26.0 Å². The second kappa shape index (κ2) is 2.93. The number of hydrogen-bond donors (Lipinski definition) is 2. The molecule has 0 aliphatic carbocycles. The SMILES string of the molecule is Cc1ccc([C@@H](C)N)c(O)c1. The fraction of sp³-hybridized carbons (Fsp3) is 0.333. The average Bonchev–Trinajstić information content (AvgIpc) is 1.85. The largest absolute Gasteiger partial charge is 0.508 e. The van der Waals surface area contributed by atoms with Crippen LogP contribution in [0.15, 0.2) is 18.2 Å². The molecule has 1 aromatic rings. The van der Waals surface area contributed by atoms with Gasteiger partial charge in [-0.15, -0.1) is 0 Å². The van der Waals surface area contributed by atoms with Crippen molar-refractivity contribution in [2.75, 3.05) is 0 Å². The summed E-state index contributed by atoms with van der Waals surface area (Å²) in [7, 11) is 0. The number of phenolic OH excluding ortho intramolecular Hbond substituents is 1. The topological polar surface area (TPSA) is 46.2 Å². The van der Waals surface area contributed by atoms with Crippen LogP contribution in [0.1, 0.15) is 24.1 Å². The third kappa shape index (κ3) is 1.71. The van der Waals surface area contributed by atoms with Crippen LogP contribution in [0, 0.1) is 6.92 Å². The van der Waals surface area contributed by atoms with Gasteiger partial charge in [0.1, 0.15) is 5.75 Å². The van der Waals surface area contributed by atoms with Gasteiger partial charge in [0, 0.05) is 11.6 Å². The molecule has 1 rings (SSSR count). The molecule has 0 saturated heterocycles. The average molecular weight is 151 g/mol. The molecular formula is C9H13NO. The van der Waals surface area contributed by atoms with Crippen molar-refractivity contribution in [2.24, 2.45) is 5.73 Å². The van der Waals surface area contributed by atoms with Crippen LogP contribution >= 0.6 is 0 Å². The molecule has 0 aliphatic rings. The van der Waals surface area contributed by atoms with Crippen molar-refractivity contribution in [3.63, 3.8) is 0 Å². The Bertz CT molecular complexity index is 256. The summed E-state index contributed by atoms with van der Waals surface area (Å²) in [6.45, 7) is 3.79. The molecule has 1 aromatic carbocycles. The van der Waals surface area contributed by atoms with Gasteiger partial charge in [-0.2, -0.15) is 0 Å². The second-order valence-corrected chi connectivity index (χ2v) is 2.85. The van der Waals surface area contributed by atoms with E-state index in [-0.39, 0.29) is 6.04 Å². The van der Waals surface area contributed by atoms with Crippen LogP contribution in [0.3, 0.4) is 0 Å². The summed E-state index contributed by atoms with van der Waals surface area (Å²) in [5.41, 5.74) is 7.45. The Balaban J connectivity index is 3.09. The Hall–Kier alpha value is -1.02. The Labute approximate surface area is 66.7 Å². The van der Waals surface area contributed by atoms with Gasteiger partial charge < -0.3 is 10.8 Å². The zero-order valence-corrected chi connectivity index (χ0v) is 6.83. The quantitative estimate of drug-likeness (QED) is 0.642.